The molecule has 24 heavy (non-hydrogen) atoms. The van der Waals surface area contributed by atoms with Crippen molar-refractivity contribution in [2.24, 2.45) is 0 Å². The summed E-state index contributed by atoms with van der Waals surface area (Å²) in [7, 11) is 0. The normalized spacial score (nSPS) is 11.0. The quantitative estimate of drug-likeness (QED) is 0.635. The standard InChI is InChI=1S/C19H17ClN2O2/c1-13(2)24-17-8-5-7-16(11-17)22-19(23)15(12-21)10-14-6-3-4-9-18(14)20/h3-11,13H,1-2H3,(H,22,23)/b15-10-. The zero-order valence-electron chi connectivity index (χ0n) is 13.4. The van der Waals surface area contributed by atoms with Gasteiger partial charge in [0.15, 0.2) is 0 Å². The molecule has 0 unspecified atom stereocenters. The van der Waals surface area contributed by atoms with Gasteiger partial charge in [0.1, 0.15) is 17.4 Å². The number of hydrogen-bond acceptors (Lipinski definition) is 3. The van der Waals surface area contributed by atoms with Crippen LogP contribution in [0.1, 0.15) is 19.4 Å². The average molecular weight is 341 g/mol. The van der Waals surface area contributed by atoms with Crippen LogP contribution in [0.3, 0.4) is 0 Å². The van der Waals surface area contributed by atoms with E-state index in [2.05, 4.69) is 5.32 Å². The summed E-state index contributed by atoms with van der Waals surface area (Å²) in [4.78, 5) is 12.3. The summed E-state index contributed by atoms with van der Waals surface area (Å²) in [5.41, 5.74) is 1.14. The highest BCUT2D eigenvalue weighted by atomic mass is 35.5. The number of nitrogens with one attached hydrogen (secondary N) is 1. The largest absolute Gasteiger partial charge is 0.491 e. The molecule has 0 fully saturated rings. The van der Waals surface area contributed by atoms with Crippen molar-refractivity contribution in [3.05, 3.63) is 64.7 Å². The minimum atomic E-state index is -0.501. The number of hydrogen-bond donors (Lipinski definition) is 1. The summed E-state index contributed by atoms with van der Waals surface area (Å²) in [6.07, 6.45) is 1.50. The lowest BCUT2D eigenvalue weighted by Gasteiger charge is -2.11. The van der Waals surface area contributed by atoms with E-state index in [0.717, 1.165) is 0 Å². The molecular weight excluding hydrogens is 324 g/mol. The van der Waals surface area contributed by atoms with E-state index in [1.54, 1.807) is 48.5 Å². The van der Waals surface area contributed by atoms with E-state index in [0.29, 0.717) is 22.0 Å². The number of halogens is 1. The highest BCUT2D eigenvalue weighted by Crippen LogP contribution is 2.21. The number of nitrogens with zero attached hydrogens (tertiary/aromatic N) is 1. The van der Waals surface area contributed by atoms with Gasteiger partial charge in [0, 0.05) is 16.8 Å². The van der Waals surface area contributed by atoms with E-state index < -0.39 is 5.91 Å². The topological polar surface area (TPSA) is 62.1 Å². The molecule has 0 aliphatic rings. The van der Waals surface area contributed by atoms with Gasteiger partial charge in [-0.25, -0.2) is 0 Å². The van der Waals surface area contributed by atoms with Crippen molar-refractivity contribution in [1.82, 2.24) is 0 Å². The van der Waals surface area contributed by atoms with Gasteiger partial charge in [-0.2, -0.15) is 5.26 Å². The lowest BCUT2D eigenvalue weighted by atomic mass is 10.1. The summed E-state index contributed by atoms with van der Waals surface area (Å²) < 4.78 is 5.59. The zero-order chi connectivity index (χ0) is 17.5. The molecule has 0 aliphatic carbocycles. The molecular formula is C19H17ClN2O2. The minimum absolute atomic E-state index is 0.0294. The van der Waals surface area contributed by atoms with Gasteiger partial charge in [0.2, 0.25) is 0 Å². The van der Waals surface area contributed by atoms with Crippen LogP contribution in [0.5, 0.6) is 5.75 Å². The Morgan fingerprint density at radius 3 is 2.67 bits per heavy atom. The number of benzene rings is 2. The Labute approximate surface area is 146 Å². The second-order valence-electron chi connectivity index (χ2n) is 5.34. The molecule has 0 aliphatic heterocycles. The van der Waals surface area contributed by atoms with Crippen LogP contribution >= 0.6 is 11.6 Å². The third-order valence-corrected chi connectivity index (χ3v) is 3.38. The van der Waals surface area contributed by atoms with Crippen LogP contribution in [-0.4, -0.2) is 12.0 Å². The Balaban J connectivity index is 2.19. The number of amides is 1. The van der Waals surface area contributed by atoms with Gasteiger partial charge in [-0.1, -0.05) is 35.9 Å². The minimum Gasteiger partial charge on any atom is -0.491 e. The van der Waals surface area contributed by atoms with E-state index >= 15 is 0 Å². The maximum Gasteiger partial charge on any atom is 0.266 e. The first-order chi connectivity index (χ1) is 11.5. The van der Waals surface area contributed by atoms with Crippen LogP contribution < -0.4 is 10.1 Å². The highest BCUT2D eigenvalue weighted by Gasteiger charge is 2.11. The molecule has 1 N–H and O–H groups in total. The van der Waals surface area contributed by atoms with Crippen LogP contribution in [-0.2, 0) is 4.79 Å². The van der Waals surface area contributed by atoms with Gasteiger partial charge in [-0.3, -0.25) is 4.79 Å². The molecule has 0 atom stereocenters. The SMILES string of the molecule is CC(C)Oc1cccc(NC(=O)/C(C#N)=C\c2ccccc2Cl)c1. The predicted octanol–water partition coefficient (Wildman–Crippen LogP) is 4.67. The molecule has 0 spiro atoms. The van der Waals surface area contributed by atoms with Crippen molar-refractivity contribution in [3.8, 4) is 11.8 Å². The fraction of sp³-hybridized carbons (Fsp3) is 0.158. The fourth-order valence-electron chi connectivity index (χ4n) is 2.01. The molecule has 0 bridgehead atoms. The van der Waals surface area contributed by atoms with Crippen LogP contribution in [0, 0.1) is 11.3 Å². The Bertz CT molecular complexity index is 807. The molecule has 0 radical (unpaired) electrons. The van der Waals surface area contributed by atoms with Crippen LogP contribution in [0.15, 0.2) is 54.1 Å². The number of ether oxygens (including phenoxy) is 1. The number of anilines is 1. The van der Waals surface area contributed by atoms with Crippen molar-refractivity contribution < 1.29 is 9.53 Å². The van der Waals surface area contributed by atoms with Crippen LogP contribution in [0.25, 0.3) is 6.08 Å². The van der Waals surface area contributed by atoms with Crippen LogP contribution in [0.2, 0.25) is 5.02 Å². The maximum atomic E-state index is 12.3. The molecule has 5 heteroatoms. The van der Waals surface area contributed by atoms with E-state index in [-0.39, 0.29) is 11.7 Å². The molecule has 2 aromatic carbocycles. The van der Waals surface area contributed by atoms with Gasteiger partial charge >= 0.3 is 0 Å². The van der Waals surface area contributed by atoms with Gasteiger partial charge < -0.3 is 10.1 Å². The number of carbonyl (C=O) groups is 1. The Morgan fingerprint density at radius 2 is 2.00 bits per heavy atom. The first-order valence-electron chi connectivity index (χ1n) is 7.44. The lowest BCUT2D eigenvalue weighted by molar-refractivity contribution is -0.112. The molecule has 1 amide bonds. The average Bonchev–Trinajstić information content (AvgIpc) is 2.53. The van der Waals surface area contributed by atoms with Crippen LogP contribution in [0.4, 0.5) is 5.69 Å². The fourth-order valence-corrected chi connectivity index (χ4v) is 2.20. The van der Waals surface area contributed by atoms with Crippen molar-refractivity contribution in [2.45, 2.75) is 20.0 Å². The second kappa shape index (κ2) is 8.19. The third-order valence-electron chi connectivity index (χ3n) is 3.03. The van der Waals surface area contributed by atoms with Crippen molar-refractivity contribution >= 4 is 29.3 Å². The number of nitriles is 1. The number of rotatable bonds is 5. The number of carbonyl (C=O) groups excluding carboxylic acids is 1. The molecule has 0 saturated carbocycles. The van der Waals surface area contributed by atoms with Crippen molar-refractivity contribution in [1.29, 1.82) is 5.26 Å². The summed E-state index contributed by atoms with van der Waals surface area (Å²) >= 11 is 6.06. The molecule has 0 saturated heterocycles. The van der Waals surface area contributed by atoms with Crippen molar-refractivity contribution in [3.63, 3.8) is 0 Å². The van der Waals surface area contributed by atoms with E-state index in [4.69, 9.17) is 16.3 Å². The maximum absolute atomic E-state index is 12.3. The first-order valence-corrected chi connectivity index (χ1v) is 7.82. The van der Waals surface area contributed by atoms with Gasteiger partial charge in [-0.05, 0) is 43.7 Å². The zero-order valence-corrected chi connectivity index (χ0v) is 14.2. The first kappa shape index (κ1) is 17.6. The summed E-state index contributed by atoms with van der Waals surface area (Å²) in [5, 5.41) is 12.4. The third kappa shape index (κ3) is 4.87. The van der Waals surface area contributed by atoms with E-state index in [1.807, 2.05) is 19.9 Å². The molecule has 122 valence electrons. The Hall–Kier alpha value is -2.77. The summed E-state index contributed by atoms with van der Waals surface area (Å²) in [5.74, 6) is 0.149. The molecule has 4 nitrogen and oxygen atoms in total. The second-order valence-corrected chi connectivity index (χ2v) is 5.75. The predicted molar refractivity (Wildman–Crippen MR) is 95.9 cm³/mol. The Morgan fingerprint density at radius 1 is 1.25 bits per heavy atom. The smallest absolute Gasteiger partial charge is 0.266 e. The monoisotopic (exact) mass is 340 g/mol. The highest BCUT2D eigenvalue weighted by molar-refractivity contribution is 6.32. The van der Waals surface area contributed by atoms with Gasteiger partial charge in [0.05, 0.1) is 6.10 Å². The molecule has 0 aromatic heterocycles. The molecule has 2 aromatic rings. The van der Waals surface area contributed by atoms with E-state index in [1.165, 1.54) is 6.08 Å². The van der Waals surface area contributed by atoms with Crippen molar-refractivity contribution in [2.75, 3.05) is 5.32 Å². The summed E-state index contributed by atoms with van der Waals surface area (Å²) in [6, 6.07) is 15.9. The van der Waals surface area contributed by atoms with E-state index in [9.17, 15) is 10.1 Å². The molecule has 2 rings (SSSR count). The lowest BCUT2D eigenvalue weighted by Crippen LogP contribution is -2.13. The molecule has 0 heterocycles. The van der Waals surface area contributed by atoms with Gasteiger partial charge in [-0.15, -0.1) is 0 Å². The Kier molecular flexibility index (Phi) is 6.00. The van der Waals surface area contributed by atoms with Gasteiger partial charge in [0.25, 0.3) is 5.91 Å². The summed E-state index contributed by atoms with van der Waals surface area (Å²) in [6.45, 7) is 3.84.